The summed E-state index contributed by atoms with van der Waals surface area (Å²) in [5.41, 5.74) is 2.98. The van der Waals surface area contributed by atoms with E-state index in [9.17, 15) is 9.59 Å². The van der Waals surface area contributed by atoms with E-state index in [1.165, 1.54) is 17.3 Å². The van der Waals surface area contributed by atoms with Gasteiger partial charge in [0.05, 0.1) is 12.2 Å². The number of hydrogen-bond acceptors (Lipinski definition) is 4. The molecule has 1 saturated heterocycles. The number of para-hydroxylation sites is 1. The minimum absolute atomic E-state index is 0.0771. The number of nitrogens with zero attached hydrogens (tertiary/aromatic N) is 2. The second-order valence-corrected chi connectivity index (χ2v) is 8.71. The van der Waals surface area contributed by atoms with Crippen LogP contribution in [0.1, 0.15) is 17.5 Å². The molecule has 1 fully saturated rings. The zero-order valence-electron chi connectivity index (χ0n) is 17.7. The quantitative estimate of drug-likeness (QED) is 0.555. The molecule has 32 heavy (non-hydrogen) atoms. The van der Waals surface area contributed by atoms with Gasteiger partial charge in [-0.3, -0.25) is 14.5 Å². The summed E-state index contributed by atoms with van der Waals surface area (Å²) < 4.78 is 0. The van der Waals surface area contributed by atoms with Crippen molar-refractivity contribution in [3.63, 3.8) is 0 Å². The van der Waals surface area contributed by atoms with Crippen molar-refractivity contribution in [2.24, 2.45) is 4.99 Å². The van der Waals surface area contributed by atoms with Gasteiger partial charge in [0.1, 0.15) is 5.25 Å². The summed E-state index contributed by atoms with van der Waals surface area (Å²) in [5.74, 6) is -0.195. The lowest BCUT2D eigenvalue weighted by Crippen LogP contribution is -2.34. The van der Waals surface area contributed by atoms with Crippen LogP contribution in [0.5, 0.6) is 0 Å². The number of amidine groups is 1. The highest BCUT2D eigenvalue weighted by Gasteiger charge is 2.39. The molecule has 0 spiro atoms. The number of rotatable bonds is 8. The van der Waals surface area contributed by atoms with Gasteiger partial charge in [0.25, 0.3) is 0 Å². The molecule has 2 amide bonds. The molecular weight excluding hydrogens is 418 g/mol. The van der Waals surface area contributed by atoms with Gasteiger partial charge in [-0.05, 0) is 29.7 Å². The van der Waals surface area contributed by atoms with Gasteiger partial charge in [-0.15, -0.1) is 0 Å². The first-order chi connectivity index (χ1) is 15.7. The van der Waals surface area contributed by atoms with Crippen molar-refractivity contribution < 1.29 is 9.59 Å². The van der Waals surface area contributed by atoms with Gasteiger partial charge in [-0.2, -0.15) is 0 Å². The van der Waals surface area contributed by atoms with Crippen LogP contribution >= 0.6 is 11.8 Å². The third-order valence-electron chi connectivity index (χ3n) is 5.13. The van der Waals surface area contributed by atoms with E-state index >= 15 is 0 Å². The van der Waals surface area contributed by atoms with Crippen LogP contribution in [-0.4, -0.2) is 33.7 Å². The van der Waals surface area contributed by atoms with Crippen molar-refractivity contribution in [1.82, 2.24) is 10.2 Å². The molecular formula is C26H25N3O2S. The monoisotopic (exact) mass is 443 g/mol. The Kier molecular flexibility index (Phi) is 7.35. The molecule has 1 unspecified atom stereocenters. The Bertz CT molecular complexity index is 1070. The maximum atomic E-state index is 13.2. The summed E-state index contributed by atoms with van der Waals surface area (Å²) in [4.78, 5) is 32.1. The Morgan fingerprint density at radius 1 is 0.875 bits per heavy atom. The summed E-state index contributed by atoms with van der Waals surface area (Å²) >= 11 is 1.36. The zero-order valence-corrected chi connectivity index (χ0v) is 18.5. The third-order valence-corrected chi connectivity index (χ3v) is 6.31. The molecule has 1 atom stereocenters. The summed E-state index contributed by atoms with van der Waals surface area (Å²) in [6.45, 7) is 0.984. The van der Waals surface area contributed by atoms with Crippen LogP contribution in [0.3, 0.4) is 0 Å². The Balaban J connectivity index is 1.42. The lowest BCUT2D eigenvalue weighted by atomic mass is 10.1. The normalized spacial score (nSPS) is 17.0. The molecule has 3 aromatic rings. The predicted molar refractivity (Wildman–Crippen MR) is 130 cm³/mol. The van der Waals surface area contributed by atoms with Crippen LogP contribution < -0.4 is 5.32 Å². The van der Waals surface area contributed by atoms with Crippen LogP contribution in [0, 0.1) is 0 Å². The van der Waals surface area contributed by atoms with Crippen molar-refractivity contribution in [3.05, 3.63) is 102 Å². The molecule has 4 rings (SSSR count). The number of carbonyl (C=O) groups excluding carboxylic acids is 2. The number of aliphatic imine (C=N–C) groups is 1. The topological polar surface area (TPSA) is 61.8 Å². The second kappa shape index (κ2) is 10.8. The molecule has 1 N–H and O–H groups in total. The fraction of sp³-hybridized carbons (Fsp3) is 0.192. The number of thioether (sulfide) groups is 1. The highest BCUT2D eigenvalue weighted by atomic mass is 32.2. The molecule has 0 aromatic heterocycles. The van der Waals surface area contributed by atoms with Crippen LogP contribution in [0.2, 0.25) is 0 Å². The molecule has 1 aliphatic heterocycles. The number of nitrogens with one attached hydrogen (secondary N) is 1. The molecule has 0 saturated carbocycles. The third kappa shape index (κ3) is 5.86. The average Bonchev–Trinajstić information content (AvgIpc) is 3.10. The number of amides is 2. The van der Waals surface area contributed by atoms with Gasteiger partial charge in [0.15, 0.2) is 5.17 Å². The maximum absolute atomic E-state index is 13.2. The molecule has 0 radical (unpaired) electrons. The molecule has 1 aliphatic rings. The highest BCUT2D eigenvalue weighted by molar-refractivity contribution is 8.15. The van der Waals surface area contributed by atoms with E-state index in [0.717, 1.165) is 17.7 Å². The standard InChI is InChI=1S/C26H25N3O2S/c30-24(27-17-16-20-10-4-1-5-11-20)18-23-25(31)29(19-21-12-6-2-7-13-21)26(32-23)28-22-14-8-3-9-15-22/h1-15,23H,16-19H2,(H,27,30). The molecule has 6 heteroatoms. The SMILES string of the molecule is O=C(CC1SC(=Nc2ccccc2)N(Cc2ccccc2)C1=O)NCCc1ccccc1. The smallest absolute Gasteiger partial charge is 0.242 e. The Labute approximate surface area is 192 Å². The van der Waals surface area contributed by atoms with Crippen molar-refractivity contribution >= 4 is 34.4 Å². The molecule has 162 valence electrons. The van der Waals surface area contributed by atoms with Gasteiger partial charge in [-0.25, -0.2) is 4.99 Å². The number of hydrogen-bond donors (Lipinski definition) is 1. The van der Waals surface area contributed by atoms with Gasteiger partial charge in [-0.1, -0.05) is 90.6 Å². The second-order valence-electron chi connectivity index (χ2n) is 7.54. The van der Waals surface area contributed by atoms with E-state index in [4.69, 9.17) is 4.99 Å². The Morgan fingerprint density at radius 3 is 2.12 bits per heavy atom. The lowest BCUT2D eigenvalue weighted by molar-refractivity contribution is -0.129. The molecule has 0 bridgehead atoms. The minimum Gasteiger partial charge on any atom is -0.356 e. The van der Waals surface area contributed by atoms with E-state index in [-0.39, 0.29) is 18.2 Å². The summed E-state index contributed by atoms with van der Waals surface area (Å²) in [6.07, 6.45) is 0.899. The van der Waals surface area contributed by atoms with Crippen molar-refractivity contribution in [3.8, 4) is 0 Å². The van der Waals surface area contributed by atoms with Gasteiger partial charge in [0.2, 0.25) is 11.8 Å². The van der Waals surface area contributed by atoms with E-state index in [2.05, 4.69) is 5.32 Å². The van der Waals surface area contributed by atoms with E-state index in [1.807, 2.05) is 91.0 Å². The number of benzene rings is 3. The largest absolute Gasteiger partial charge is 0.356 e. The molecule has 1 heterocycles. The summed E-state index contributed by atoms with van der Waals surface area (Å²) in [5, 5.41) is 3.10. The zero-order chi connectivity index (χ0) is 22.2. The Hall–Kier alpha value is -3.38. The molecule has 5 nitrogen and oxygen atoms in total. The molecule has 0 aliphatic carbocycles. The minimum atomic E-state index is -0.474. The Morgan fingerprint density at radius 2 is 1.47 bits per heavy atom. The van der Waals surface area contributed by atoms with Crippen molar-refractivity contribution in [1.29, 1.82) is 0 Å². The predicted octanol–water partition coefficient (Wildman–Crippen LogP) is 4.57. The fourth-order valence-electron chi connectivity index (χ4n) is 3.48. The summed E-state index contributed by atoms with van der Waals surface area (Å²) in [6, 6.07) is 29.4. The lowest BCUT2D eigenvalue weighted by Gasteiger charge is -2.16. The highest BCUT2D eigenvalue weighted by Crippen LogP contribution is 2.32. The van der Waals surface area contributed by atoms with Gasteiger partial charge in [0, 0.05) is 13.0 Å². The van der Waals surface area contributed by atoms with Crippen LogP contribution in [0.25, 0.3) is 0 Å². The van der Waals surface area contributed by atoms with Crippen LogP contribution in [0.4, 0.5) is 5.69 Å². The average molecular weight is 444 g/mol. The van der Waals surface area contributed by atoms with Gasteiger partial charge < -0.3 is 5.32 Å². The molecule has 3 aromatic carbocycles. The summed E-state index contributed by atoms with van der Waals surface area (Å²) in [7, 11) is 0. The van der Waals surface area contributed by atoms with E-state index < -0.39 is 5.25 Å². The maximum Gasteiger partial charge on any atom is 0.242 e. The van der Waals surface area contributed by atoms with Crippen LogP contribution in [0.15, 0.2) is 96.0 Å². The first kappa shape index (κ1) is 21.8. The van der Waals surface area contributed by atoms with Crippen LogP contribution in [-0.2, 0) is 22.6 Å². The van der Waals surface area contributed by atoms with Gasteiger partial charge >= 0.3 is 0 Å². The van der Waals surface area contributed by atoms with Crippen molar-refractivity contribution in [2.45, 2.75) is 24.6 Å². The number of carbonyl (C=O) groups is 2. The van der Waals surface area contributed by atoms with E-state index in [1.54, 1.807) is 4.90 Å². The fourth-order valence-corrected chi connectivity index (χ4v) is 4.64. The first-order valence-electron chi connectivity index (χ1n) is 10.7. The van der Waals surface area contributed by atoms with E-state index in [0.29, 0.717) is 18.3 Å². The first-order valence-corrected chi connectivity index (χ1v) is 11.5. The van der Waals surface area contributed by atoms with Crippen molar-refractivity contribution in [2.75, 3.05) is 6.54 Å².